The van der Waals surface area contributed by atoms with Crippen LogP contribution in [0.25, 0.3) is 0 Å². The average molecular weight is 344 g/mol. The van der Waals surface area contributed by atoms with Crippen molar-refractivity contribution < 1.29 is 0 Å². The summed E-state index contributed by atoms with van der Waals surface area (Å²) >= 11 is 5.13. The number of aliphatic imine (C=N–C) groups is 1. The molecule has 0 aliphatic heterocycles. The van der Waals surface area contributed by atoms with Crippen LogP contribution in [-0.4, -0.2) is 10.9 Å². The molecule has 0 spiro atoms. The fourth-order valence-corrected chi connectivity index (χ4v) is 3.94. The minimum Gasteiger partial charge on any atom is -0.369 e. The maximum Gasteiger partial charge on any atom is 0.209 e. The minimum atomic E-state index is 0.356. The van der Waals surface area contributed by atoms with Gasteiger partial charge < -0.3 is 5.73 Å². The van der Waals surface area contributed by atoms with Gasteiger partial charge in [0.1, 0.15) is 0 Å². The van der Waals surface area contributed by atoms with E-state index in [0.717, 1.165) is 16.5 Å². The zero-order valence-corrected chi connectivity index (χ0v) is 13.9. The molecule has 0 aliphatic carbocycles. The van der Waals surface area contributed by atoms with Crippen molar-refractivity contribution in [2.24, 2.45) is 10.7 Å². The lowest BCUT2D eigenvalue weighted by atomic mass is 10.3. The molecule has 1 heterocycles. The fraction of sp³-hybridized carbons (Fsp3) is 0. The van der Waals surface area contributed by atoms with Crippen LogP contribution in [0.15, 0.2) is 65.7 Å². The van der Waals surface area contributed by atoms with Gasteiger partial charge >= 0.3 is 0 Å². The molecule has 3 aromatic rings. The number of anilines is 2. The number of hydrogen-bond donors (Lipinski definition) is 1. The highest BCUT2D eigenvalue weighted by atomic mass is 32.9. The summed E-state index contributed by atoms with van der Waals surface area (Å²) in [5.41, 5.74) is 7.93. The first-order valence-corrected chi connectivity index (χ1v) is 9.01. The Hall–Kier alpha value is -2.09. The monoisotopic (exact) mass is 344 g/mol. The van der Waals surface area contributed by atoms with Gasteiger partial charge in [-0.2, -0.15) is 4.98 Å². The summed E-state index contributed by atoms with van der Waals surface area (Å²) < 4.78 is 0.591. The summed E-state index contributed by atoms with van der Waals surface area (Å²) in [4.78, 5) is 10.7. The van der Waals surface area contributed by atoms with Crippen molar-refractivity contribution in [3.8, 4) is 0 Å². The fourth-order valence-electron chi connectivity index (χ4n) is 1.88. The average Bonchev–Trinajstić information content (AvgIpc) is 2.95. The molecule has 0 radical (unpaired) electrons. The molecule has 2 aromatic carbocycles. The highest BCUT2D eigenvalue weighted by Gasteiger charge is 2.16. The second-order valence-electron chi connectivity index (χ2n) is 4.30. The van der Waals surface area contributed by atoms with Crippen LogP contribution in [0.5, 0.6) is 0 Å². The molecule has 4 nitrogen and oxygen atoms in total. The molecule has 0 saturated heterocycles. The van der Waals surface area contributed by atoms with Gasteiger partial charge in [-0.3, -0.25) is 4.90 Å². The van der Waals surface area contributed by atoms with E-state index >= 15 is 0 Å². The van der Waals surface area contributed by atoms with E-state index in [1.54, 1.807) is 0 Å². The van der Waals surface area contributed by atoms with Crippen LogP contribution in [0.4, 0.5) is 16.5 Å². The predicted molar refractivity (Wildman–Crippen MR) is 97.1 cm³/mol. The van der Waals surface area contributed by atoms with E-state index in [4.69, 9.17) is 18.0 Å². The third-order valence-corrected chi connectivity index (χ3v) is 5.38. The van der Waals surface area contributed by atoms with E-state index in [1.165, 1.54) is 20.7 Å². The molecule has 110 valence electrons. The van der Waals surface area contributed by atoms with Gasteiger partial charge in [-0.05, 0) is 57.2 Å². The van der Waals surface area contributed by atoms with Crippen molar-refractivity contribution in [1.82, 2.24) is 4.98 Å². The van der Waals surface area contributed by atoms with Crippen molar-refractivity contribution in [3.63, 3.8) is 0 Å². The Morgan fingerprint density at radius 2 is 1.64 bits per heavy atom. The predicted octanol–water partition coefficient (Wildman–Crippen LogP) is 4.72. The molecule has 2 N–H and O–H groups in total. The standard InChI is InChI=1S/C15H12N4S3/c16-13(17-11-7-3-1-4-8-11)19(12-9-5-2-6-10-12)14-18-15(20)22-21-14/h1-10H,(H2,16,17). The number of hydrogen-bond acceptors (Lipinski definition) is 5. The molecule has 0 fully saturated rings. The minimum absolute atomic E-state index is 0.356. The van der Waals surface area contributed by atoms with Crippen molar-refractivity contribution >= 4 is 55.4 Å². The summed E-state index contributed by atoms with van der Waals surface area (Å²) in [6, 6.07) is 19.4. The van der Waals surface area contributed by atoms with E-state index in [-0.39, 0.29) is 0 Å². The molecule has 3 rings (SSSR count). The maximum atomic E-state index is 6.24. The van der Waals surface area contributed by atoms with Gasteiger partial charge in [0.05, 0.1) is 11.4 Å². The Labute approximate surface area is 140 Å². The van der Waals surface area contributed by atoms with Gasteiger partial charge in [0.15, 0.2) is 3.95 Å². The Morgan fingerprint density at radius 1 is 1.00 bits per heavy atom. The third-order valence-electron chi connectivity index (χ3n) is 2.81. The Balaban J connectivity index is 2.06. The molecule has 7 heteroatoms. The second kappa shape index (κ2) is 6.78. The van der Waals surface area contributed by atoms with Crippen molar-refractivity contribution in [2.75, 3.05) is 4.90 Å². The summed E-state index contributed by atoms with van der Waals surface area (Å²) in [5.74, 6) is 0.356. The van der Waals surface area contributed by atoms with E-state index < -0.39 is 0 Å². The maximum absolute atomic E-state index is 6.24. The number of aromatic nitrogens is 1. The van der Waals surface area contributed by atoms with Crippen LogP contribution in [0.2, 0.25) is 0 Å². The SMILES string of the molecule is NC(=Nc1ccccc1)N(c1ccccc1)c1nc(=S)ss1. The lowest BCUT2D eigenvalue weighted by molar-refractivity contribution is 1.23. The van der Waals surface area contributed by atoms with Crippen molar-refractivity contribution in [3.05, 3.63) is 64.6 Å². The molecule has 0 saturated carbocycles. The number of benzene rings is 2. The Bertz CT molecular complexity index is 825. The van der Waals surface area contributed by atoms with Crippen molar-refractivity contribution in [2.45, 2.75) is 0 Å². The van der Waals surface area contributed by atoms with Crippen LogP contribution in [-0.2, 0) is 0 Å². The third kappa shape index (κ3) is 3.38. The van der Waals surface area contributed by atoms with Gasteiger partial charge in [-0.1, -0.05) is 36.4 Å². The molecule has 0 atom stereocenters. The van der Waals surface area contributed by atoms with Gasteiger partial charge in [0.2, 0.25) is 11.1 Å². The van der Waals surface area contributed by atoms with Crippen LogP contribution in [0.3, 0.4) is 0 Å². The van der Waals surface area contributed by atoms with Gasteiger partial charge in [0.25, 0.3) is 0 Å². The highest BCUT2D eigenvalue weighted by molar-refractivity contribution is 7.80. The first-order valence-electron chi connectivity index (χ1n) is 6.45. The van der Waals surface area contributed by atoms with Gasteiger partial charge in [0, 0.05) is 0 Å². The van der Waals surface area contributed by atoms with Crippen LogP contribution >= 0.6 is 32.9 Å². The summed E-state index contributed by atoms with van der Waals surface area (Å²) in [7, 11) is 2.93. The van der Waals surface area contributed by atoms with Crippen LogP contribution in [0, 0.1) is 3.95 Å². The largest absolute Gasteiger partial charge is 0.369 e. The van der Waals surface area contributed by atoms with Crippen LogP contribution < -0.4 is 10.6 Å². The summed E-state index contributed by atoms with van der Waals surface area (Å²) in [5, 5.41) is 0.721. The number of nitrogens with two attached hydrogens (primary N) is 1. The lowest BCUT2D eigenvalue weighted by Crippen LogP contribution is -2.33. The van der Waals surface area contributed by atoms with Gasteiger partial charge in [-0.15, -0.1) is 0 Å². The van der Waals surface area contributed by atoms with Crippen molar-refractivity contribution in [1.29, 1.82) is 0 Å². The van der Waals surface area contributed by atoms with E-state index in [2.05, 4.69) is 9.98 Å². The molecular weight excluding hydrogens is 332 g/mol. The van der Waals surface area contributed by atoms with Gasteiger partial charge in [-0.25, -0.2) is 4.99 Å². The van der Waals surface area contributed by atoms with E-state index in [1.807, 2.05) is 65.6 Å². The Kier molecular flexibility index (Phi) is 4.57. The smallest absolute Gasteiger partial charge is 0.209 e. The highest BCUT2D eigenvalue weighted by Crippen LogP contribution is 2.30. The molecule has 0 bridgehead atoms. The normalized spacial score (nSPS) is 11.4. The number of guanidine groups is 1. The van der Waals surface area contributed by atoms with Crippen LogP contribution in [0.1, 0.15) is 0 Å². The first-order chi connectivity index (χ1) is 10.7. The first kappa shape index (κ1) is 14.8. The lowest BCUT2D eigenvalue weighted by Gasteiger charge is -2.20. The summed E-state index contributed by atoms with van der Waals surface area (Å²) in [6.07, 6.45) is 0. The number of para-hydroxylation sites is 2. The van der Waals surface area contributed by atoms with E-state index in [0.29, 0.717) is 9.91 Å². The molecular formula is C15H12N4S3. The zero-order chi connectivity index (χ0) is 15.4. The molecule has 22 heavy (non-hydrogen) atoms. The zero-order valence-electron chi connectivity index (χ0n) is 11.4. The summed E-state index contributed by atoms with van der Waals surface area (Å²) in [6.45, 7) is 0. The Morgan fingerprint density at radius 3 is 2.23 bits per heavy atom. The molecule has 0 unspecified atom stereocenters. The molecule has 1 aromatic heterocycles. The number of nitrogens with zero attached hydrogens (tertiary/aromatic N) is 3. The molecule has 0 amide bonds. The number of rotatable bonds is 3. The second-order valence-corrected chi connectivity index (χ2v) is 7.03. The molecule has 0 aliphatic rings. The quantitative estimate of drug-likeness (QED) is 0.323. The van der Waals surface area contributed by atoms with E-state index in [9.17, 15) is 0 Å². The topological polar surface area (TPSA) is 54.5 Å².